The monoisotopic (exact) mass is 374 g/mol. The van der Waals surface area contributed by atoms with Crippen molar-refractivity contribution in [2.45, 2.75) is 25.5 Å². The molecule has 8 nitrogen and oxygen atoms in total. The van der Waals surface area contributed by atoms with Crippen LogP contribution < -0.4 is 5.32 Å². The average Bonchev–Trinajstić information content (AvgIpc) is 3.09. The number of carbonyl (C=O) groups excluding carboxylic acids is 2. The van der Waals surface area contributed by atoms with E-state index in [0.717, 1.165) is 24.2 Å². The van der Waals surface area contributed by atoms with Crippen molar-refractivity contribution in [3.05, 3.63) is 54.1 Å². The van der Waals surface area contributed by atoms with Crippen molar-refractivity contribution < 1.29 is 19.4 Å². The van der Waals surface area contributed by atoms with Crippen LogP contribution in [-0.2, 0) is 29.6 Å². The number of aliphatic hydroxyl groups excluding tert-OH is 1. The van der Waals surface area contributed by atoms with Gasteiger partial charge in [-0.25, -0.2) is 9.78 Å². The lowest BCUT2D eigenvalue weighted by molar-refractivity contribution is -0.133. The predicted molar refractivity (Wildman–Crippen MR) is 99.8 cm³/mol. The number of benzene rings is 1. The molecule has 2 aromatic rings. The number of carbonyl (C=O) groups is 2. The second-order valence-electron chi connectivity index (χ2n) is 6.26. The van der Waals surface area contributed by atoms with Crippen LogP contribution in [0.25, 0.3) is 0 Å². The number of alkyl carbamates (subject to hydrolysis) is 1. The molecule has 1 heterocycles. The summed E-state index contributed by atoms with van der Waals surface area (Å²) >= 11 is 0. The minimum Gasteiger partial charge on any atom is -0.445 e. The molecule has 2 amide bonds. The summed E-state index contributed by atoms with van der Waals surface area (Å²) in [5, 5.41) is 11.9. The van der Waals surface area contributed by atoms with E-state index in [1.54, 1.807) is 13.2 Å². The molecule has 146 valence electrons. The molecule has 0 bridgehead atoms. The highest BCUT2D eigenvalue weighted by molar-refractivity contribution is 5.85. The van der Waals surface area contributed by atoms with Crippen molar-refractivity contribution in [1.29, 1.82) is 0 Å². The second kappa shape index (κ2) is 10.3. The van der Waals surface area contributed by atoms with Gasteiger partial charge in [0.2, 0.25) is 5.91 Å². The molecule has 1 aromatic carbocycles. The van der Waals surface area contributed by atoms with E-state index < -0.39 is 18.7 Å². The fraction of sp³-hybridized carbons (Fsp3) is 0.421. The zero-order valence-electron chi connectivity index (χ0n) is 15.7. The maximum Gasteiger partial charge on any atom is 0.408 e. The molecule has 0 unspecified atom stereocenters. The SMILES string of the molecule is CN(CCCc1nccn1C)C(=O)[C@@H](CO)NC(=O)OCc1ccccc1. The predicted octanol–water partition coefficient (Wildman–Crippen LogP) is 1.10. The van der Waals surface area contributed by atoms with E-state index in [2.05, 4.69) is 10.3 Å². The molecule has 0 aliphatic heterocycles. The third-order valence-corrected chi connectivity index (χ3v) is 4.18. The van der Waals surface area contributed by atoms with Gasteiger partial charge < -0.3 is 24.6 Å². The van der Waals surface area contributed by atoms with E-state index in [0.29, 0.717) is 6.54 Å². The molecule has 2 rings (SSSR count). The zero-order chi connectivity index (χ0) is 19.6. The van der Waals surface area contributed by atoms with Crippen LogP contribution in [0.15, 0.2) is 42.7 Å². The molecule has 0 aliphatic rings. The smallest absolute Gasteiger partial charge is 0.408 e. The Hall–Kier alpha value is -2.87. The minimum atomic E-state index is -1.04. The number of rotatable bonds is 9. The lowest BCUT2D eigenvalue weighted by Gasteiger charge is -2.23. The first-order valence-electron chi connectivity index (χ1n) is 8.80. The fourth-order valence-corrected chi connectivity index (χ4v) is 2.58. The number of aliphatic hydroxyl groups is 1. The van der Waals surface area contributed by atoms with Crippen LogP contribution >= 0.6 is 0 Å². The standard InChI is InChI=1S/C19H26N4O4/c1-22-12-10-20-17(22)9-6-11-23(2)18(25)16(13-24)21-19(26)27-14-15-7-4-3-5-8-15/h3-5,7-8,10,12,16,24H,6,9,11,13-14H2,1-2H3,(H,21,26)/t16-/m1/s1. The number of nitrogens with zero attached hydrogens (tertiary/aromatic N) is 3. The molecule has 0 radical (unpaired) electrons. The number of hydrogen-bond donors (Lipinski definition) is 2. The Bertz CT molecular complexity index is 732. The van der Waals surface area contributed by atoms with Gasteiger partial charge >= 0.3 is 6.09 Å². The Kier molecular flexibility index (Phi) is 7.81. The van der Waals surface area contributed by atoms with Crippen molar-refractivity contribution in [1.82, 2.24) is 19.8 Å². The van der Waals surface area contributed by atoms with Gasteiger partial charge in [-0.05, 0) is 12.0 Å². The van der Waals surface area contributed by atoms with Gasteiger partial charge in [-0.3, -0.25) is 4.79 Å². The molecule has 0 fully saturated rings. The Labute approximate surface area is 158 Å². The first kappa shape index (κ1) is 20.4. The number of hydrogen-bond acceptors (Lipinski definition) is 5. The molecule has 0 spiro atoms. The van der Waals surface area contributed by atoms with E-state index in [1.807, 2.05) is 48.1 Å². The van der Waals surface area contributed by atoms with Gasteiger partial charge in [0, 0.05) is 39.5 Å². The molecule has 0 saturated carbocycles. The van der Waals surface area contributed by atoms with Crippen LogP contribution in [0.2, 0.25) is 0 Å². The summed E-state index contributed by atoms with van der Waals surface area (Å²) in [5.74, 6) is 0.575. The van der Waals surface area contributed by atoms with E-state index in [-0.39, 0.29) is 12.5 Å². The van der Waals surface area contributed by atoms with E-state index in [1.165, 1.54) is 4.90 Å². The van der Waals surface area contributed by atoms with Crippen LogP contribution in [-0.4, -0.2) is 57.8 Å². The first-order valence-corrected chi connectivity index (χ1v) is 8.80. The van der Waals surface area contributed by atoms with Gasteiger partial charge in [-0.15, -0.1) is 0 Å². The Morgan fingerprint density at radius 2 is 2.07 bits per heavy atom. The van der Waals surface area contributed by atoms with Crippen molar-refractivity contribution in [3.63, 3.8) is 0 Å². The third-order valence-electron chi connectivity index (χ3n) is 4.18. The molecular formula is C19H26N4O4. The zero-order valence-corrected chi connectivity index (χ0v) is 15.7. The van der Waals surface area contributed by atoms with Gasteiger partial charge in [-0.1, -0.05) is 30.3 Å². The number of amides is 2. The van der Waals surface area contributed by atoms with Crippen LogP contribution in [0.1, 0.15) is 17.8 Å². The van der Waals surface area contributed by atoms with Crippen molar-refractivity contribution in [3.8, 4) is 0 Å². The van der Waals surface area contributed by atoms with Gasteiger partial charge in [0.05, 0.1) is 6.61 Å². The second-order valence-corrected chi connectivity index (χ2v) is 6.26. The Morgan fingerprint density at radius 1 is 1.33 bits per heavy atom. The van der Waals surface area contributed by atoms with Gasteiger partial charge in [-0.2, -0.15) is 0 Å². The number of imidazole rings is 1. The molecule has 27 heavy (non-hydrogen) atoms. The number of ether oxygens (including phenoxy) is 1. The van der Waals surface area contributed by atoms with Crippen LogP contribution in [0, 0.1) is 0 Å². The summed E-state index contributed by atoms with van der Waals surface area (Å²) < 4.78 is 7.02. The highest BCUT2D eigenvalue weighted by atomic mass is 16.5. The molecule has 0 aliphatic carbocycles. The lowest BCUT2D eigenvalue weighted by atomic mass is 10.2. The van der Waals surface area contributed by atoms with Gasteiger partial charge in [0.25, 0.3) is 0 Å². The quantitative estimate of drug-likeness (QED) is 0.685. The van der Waals surface area contributed by atoms with Crippen LogP contribution in [0.3, 0.4) is 0 Å². The molecule has 1 atom stereocenters. The third kappa shape index (κ3) is 6.41. The molecule has 2 N–H and O–H groups in total. The summed E-state index contributed by atoms with van der Waals surface area (Å²) in [7, 11) is 3.56. The summed E-state index contributed by atoms with van der Waals surface area (Å²) in [5.41, 5.74) is 0.839. The number of nitrogens with one attached hydrogen (secondary N) is 1. The summed E-state index contributed by atoms with van der Waals surface area (Å²) in [4.78, 5) is 30.0. The highest BCUT2D eigenvalue weighted by Crippen LogP contribution is 2.03. The van der Waals surface area contributed by atoms with Gasteiger partial charge in [0.1, 0.15) is 18.5 Å². The molecular weight excluding hydrogens is 348 g/mol. The Morgan fingerprint density at radius 3 is 2.70 bits per heavy atom. The van der Waals surface area contributed by atoms with Crippen LogP contribution in [0.5, 0.6) is 0 Å². The average molecular weight is 374 g/mol. The van der Waals surface area contributed by atoms with Gasteiger partial charge in [0.15, 0.2) is 0 Å². The highest BCUT2D eigenvalue weighted by Gasteiger charge is 2.23. The molecule has 0 saturated heterocycles. The largest absolute Gasteiger partial charge is 0.445 e. The maximum absolute atomic E-state index is 12.4. The Balaban J connectivity index is 1.75. The van der Waals surface area contributed by atoms with E-state index in [4.69, 9.17) is 4.74 Å². The minimum absolute atomic E-state index is 0.0958. The van der Waals surface area contributed by atoms with E-state index >= 15 is 0 Å². The number of likely N-dealkylation sites (N-methyl/N-ethyl adjacent to an activating group) is 1. The topological polar surface area (TPSA) is 96.7 Å². The summed E-state index contributed by atoms with van der Waals surface area (Å²) in [6.07, 6.45) is 4.32. The normalized spacial score (nSPS) is 11.7. The molecule has 1 aromatic heterocycles. The number of aromatic nitrogens is 2. The van der Waals surface area contributed by atoms with Crippen molar-refractivity contribution >= 4 is 12.0 Å². The fourth-order valence-electron chi connectivity index (χ4n) is 2.58. The van der Waals surface area contributed by atoms with Crippen LogP contribution in [0.4, 0.5) is 4.79 Å². The summed E-state index contributed by atoms with van der Waals surface area (Å²) in [6.45, 7) is 0.0877. The maximum atomic E-state index is 12.4. The first-order chi connectivity index (χ1) is 13.0. The summed E-state index contributed by atoms with van der Waals surface area (Å²) in [6, 6.07) is 8.18. The number of aryl methyl sites for hydroxylation is 2. The van der Waals surface area contributed by atoms with Crippen molar-refractivity contribution in [2.75, 3.05) is 20.2 Å². The molecule has 8 heteroatoms. The van der Waals surface area contributed by atoms with E-state index in [9.17, 15) is 14.7 Å². The lowest BCUT2D eigenvalue weighted by Crippen LogP contribution is -2.49. The van der Waals surface area contributed by atoms with Crippen molar-refractivity contribution in [2.24, 2.45) is 7.05 Å².